The maximum atomic E-state index is 13.3. The molecule has 0 aliphatic carbocycles. The van der Waals surface area contributed by atoms with Gasteiger partial charge in [0.05, 0.1) is 16.6 Å². The minimum absolute atomic E-state index is 0.105. The van der Waals surface area contributed by atoms with Crippen molar-refractivity contribution in [2.45, 2.75) is 24.8 Å². The lowest BCUT2D eigenvalue weighted by Gasteiger charge is -2.25. The number of nitrogens with one attached hydrogen (secondary N) is 1. The summed E-state index contributed by atoms with van der Waals surface area (Å²) in [6.45, 7) is 3.50. The lowest BCUT2D eigenvalue weighted by molar-refractivity contribution is -0.120. The van der Waals surface area contributed by atoms with Crippen LogP contribution in [0.5, 0.6) is 5.75 Å². The summed E-state index contributed by atoms with van der Waals surface area (Å²) < 4.78 is 46.5. The first-order valence-corrected chi connectivity index (χ1v) is 11.5. The molecule has 32 heavy (non-hydrogen) atoms. The van der Waals surface area contributed by atoms with Crippen molar-refractivity contribution in [2.75, 3.05) is 17.5 Å². The molecule has 0 radical (unpaired) electrons. The summed E-state index contributed by atoms with van der Waals surface area (Å²) in [7, 11) is -4.09. The summed E-state index contributed by atoms with van der Waals surface area (Å²) in [5.74, 6) is -0.311. The predicted molar refractivity (Wildman–Crippen MR) is 122 cm³/mol. The van der Waals surface area contributed by atoms with Gasteiger partial charge in [-0.1, -0.05) is 36.4 Å². The topological polar surface area (TPSA) is 75.7 Å². The molecule has 0 heterocycles. The minimum atomic E-state index is -4.09. The molecule has 0 saturated carbocycles. The monoisotopic (exact) mass is 456 g/mol. The van der Waals surface area contributed by atoms with Crippen LogP contribution in [0.4, 0.5) is 10.1 Å². The molecular weight excluding hydrogens is 431 g/mol. The first-order valence-electron chi connectivity index (χ1n) is 10.1. The number of aryl methyl sites for hydroxylation is 1. The molecule has 3 rings (SSSR count). The number of para-hydroxylation sites is 2. The highest BCUT2D eigenvalue weighted by molar-refractivity contribution is 7.92. The Labute approximate surface area is 187 Å². The van der Waals surface area contributed by atoms with Gasteiger partial charge in [-0.25, -0.2) is 12.8 Å². The summed E-state index contributed by atoms with van der Waals surface area (Å²) in [4.78, 5) is 12.6. The number of benzene rings is 3. The summed E-state index contributed by atoms with van der Waals surface area (Å²) in [5.41, 5.74) is 1.31. The first kappa shape index (κ1) is 23.3. The summed E-state index contributed by atoms with van der Waals surface area (Å²) in [6.07, 6.45) is 0. The third kappa shape index (κ3) is 5.85. The molecule has 0 bridgehead atoms. The zero-order valence-corrected chi connectivity index (χ0v) is 18.7. The highest BCUT2D eigenvalue weighted by Crippen LogP contribution is 2.23. The summed E-state index contributed by atoms with van der Waals surface area (Å²) in [6, 6.07) is 20.0. The Morgan fingerprint density at radius 1 is 1.00 bits per heavy atom. The Morgan fingerprint density at radius 2 is 1.62 bits per heavy atom. The van der Waals surface area contributed by atoms with Gasteiger partial charge in [0.15, 0.2) is 0 Å². The molecule has 1 N–H and O–H groups in total. The zero-order valence-electron chi connectivity index (χ0n) is 17.9. The Bertz CT molecular complexity index is 1150. The van der Waals surface area contributed by atoms with E-state index in [0.29, 0.717) is 5.69 Å². The second kappa shape index (κ2) is 10.3. The third-order valence-electron chi connectivity index (χ3n) is 4.72. The van der Waals surface area contributed by atoms with Gasteiger partial charge in [-0.05, 0) is 61.9 Å². The van der Waals surface area contributed by atoms with Crippen molar-refractivity contribution in [1.82, 2.24) is 5.32 Å². The summed E-state index contributed by atoms with van der Waals surface area (Å²) in [5, 5.41) is 2.77. The molecule has 8 heteroatoms. The van der Waals surface area contributed by atoms with E-state index in [0.717, 1.165) is 27.8 Å². The van der Waals surface area contributed by atoms with Crippen LogP contribution in [0.2, 0.25) is 0 Å². The van der Waals surface area contributed by atoms with E-state index in [1.807, 2.05) is 31.2 Å². The fraction of sp³-hybridized carbons (Fsp3) is 0.208. The van der Waals surface area contributed by atoms with Crippen LogP contribution in [0.15, 0.2) is 83.8 Å². The van der Waals surface area contributed by atoms with E-state index in [-0.39, 0.29) is 17.5 Å². The molecule has 3 aromatic rings. The number of rotatable bonds is 9. The fourth-order valence-corrected chi connectivity index (χ4v) is 4.49. The van der Waals surface area contributed by atoms with E-state index in [4.69, 9.17) is 4.74 Å². The second-order valence-corrected chi connectivity index (χ2v) is 9.21. The van der Waals surface area contributed by atoms with Gasteiger partial charge in [0, 0.05) is 0 Å². The number of ether oxygens (including phenoxy) is 1. The van der Waals surface area contributed by atoms with Gasteiger partial charge in [0.2, 0.25) is 5.91 Å². The predicted octanol–water partition coefficient (Wildman–Crippen LogP) is 3.91. The Hall–Kier alpha value is -3.39. The number of hydrogen-bond donors (Lipinski definition) is 1. The Morgan fingerprint density at radius 3 is 2.28 bits per heavy atom. The number of sulfonamides is 1. The number of nitrogens with zero attached hydrogens (tertiary/aromatic N) is 1. The molecule has 0 aliphatic heterocycles. The van der Waals surface area contributed by atoms with Crippen molar-refractivity contribution in [1.29, 1.82) is 0 Å². The number of hydrogen-bond acceptors (Lipinski definition) is 4. The number of anilines is 1. The largest absolute Gasteiger partial charge is 0.491 e. The highest BCUT2D eigenvalue weighted by atomic mass is 32.2. The number of amides is 1. The lowest BCUT2D eigenvalue weighted by Crippen LogP contribution is -2.45. The molecule has 1 atom stereocenters. The molecule has 0 aliphatic rings. The van der Waals surface area contributed by atoms with Crippen molar-refractivity contribution >= 4 is 21.6 Å². The van der Waals surface area contributed by atoms with Crippen LogP contribution in [-0.4, -0.2) is 33.5 Å². The van der Waals surface area contributed by atoms with Crippen molar-refractivity contribution in [2.24, 2.45) is 0 Å². The van der Waals surface area contributed by atoms with Crippen LogP contribution in [0, 0.1) is 12.7 Å². The maximum Gasteiger partial charge on any atom is 0.264 e. The van der Waals surface area contributed by atoms with Gasteiger partial charge in [0.1, 0.15) is 24.7 Å². The van der Waals surface area contributed by atoms with Gasteiger partial charge in [-0.15, -0.1) is 0 Å². The number of carbonyl (C=O) groups excluding carboxylic acids is 1. The van der Waals surface area contributed by atoms with E-state index in [1.54, 1.807) is 37.3 Å². The highest BCUT2D eigenvalue weighted by Gasteiger charge is 2.27. The van der Waals surface area contributed by atoms with Crippen LogP contribution in [0.3, 0.4) is 0 Å². The average molecular weight is 457 g/mol. The van der Waals surface area contributed by atoms with E-state index in [2.05, 4.69) is 5.32 Å². The number of halogens is 1. The zero-order chi connectivity index (χ0) is 23.1. The van der Waals surface area contributed by atoms with Gasteiger partial charge in [-0.2, -0.15) is 0 Å². The van der Waals surface area contributed by atoms with Gasteiger partial charge >= 0.3 is 0 Å². The lowest BCUT2D eigenvalue weighted by atomic mass is 10.2. The molecule has 0 fully saturated rings. The third-order valence-corrected chi connectivity index (χ3v) is 6.51. The fourth-order valence-electron chi connectivity index (χ4n) is 3.07. The standard InChI is InChI=1S/C24H25FN2O4S/c1-18-8-6-7-11-23(18)31-17-19(2)26-24(28)16-27(21-9-4-3-5-10-21)32(29,30)22-14-12-20(25)13-15-22/h3-15,19H,16-17H2,1-2H3,(H,26,28). The molecule has 168 valence electrons. The van der Waals surface area contributed by atoms with Crippen molar-refractivity contribution in [3.05, 3.63) is 90.2 Å². The normalized spacial score (nSPS) is 12.1. The molecule has 1 amide bonds. The molecule has 0 aromatic heterocycles. The minimum Gasteiger partial charge on any atom is -0.491 e. The van der Waals surface area contributed by atoms with Crippen molar-refractivity contribution < 1.29 is 22.3 Å². The van der Waals surface area contributed by atoms with E-state index in [9.17, 15) is 17.6 Å². The maximum absolute atomic E-state index is 13.3. The molecule has 0 saturated heterocycles. The SMILES string of the molecule is Cc1ccccc1OCC(C)NC(=O)CN(c1ccccc1)S(=O)(=O)c1ccc(F)cc1. The molecule has 1 unspecified atom stereocenters. The Balaban J connectivity index is 1.73. The first-order chi connectivity index (χ1) is 15.3. The number of carbonyl (C=O) groups is 1. The van der Waals surface area contributed by atoms with Crippen LogP contribution in [0.25, 0.3) is 0 Å². The molecule has 3 aromatic carbocycles. The van der Waals surface area contributed by atoms with Gasteiger partial charge < -0.3 is 10.1 Å². The van der Waals surface area contributed by atoms with Crippen molar-refractivity contribution in [3.8, 4) is 5.75 Å². The smallest absolute Gasteiger partial charge is 0.264 e. The molecular formula is C24H25FN2O4S. The van der Waals surface area contributed by atoms with Crippen LogP contribution in [-0.2, 0) is 14.8 Å². The van der Waals surface area contributed by atoms with Crippen LogP contribution in [0.1, 0.15) is 12.5 Å². The Kier molecular flexibility index (Phi) is 7.48. The van der Waals surface area contributed by atoms with E-state index in [1.165, 1.54) is 12.1 Å². The van der Waals surface area contributed by atoms with Crippen LogP contribution < -0.4 is 14.4 Å². The average Bonchev–Trinajstić information content (AvgIpc) is 2.77. The van der Waals surface area contributed by atoms with Gasteiger partial charge in [0.25, 0.3) is 10.0 Å². The molecule has 6 nitrogen and oxygen atoms in total. The summed E-state index contributed by atoms with van der Waals surface area (Å²) >= 11 is 0. The quantitative estimate of drug-likeness (QED) is 0.530. The van der Waals surface area contributed by atoms with Crippen molar-refractivity contribution in [3.63, 3.8) is 0 Å². The van der Waals surface area contributed by atoms with Gasteiger partial charge in [-0.3, -0.25) is 9.10 Å². The van der Waals surface area contributed by atoms with E-state index < -0.39 is 28.3 Å². The van der Waals surface area contributed by atoms with E-state index >= 15 is 0 Å². The second-order valence-electron chi connectivity index (χ2n) is 7.35. The van der Waals surface area contributed by atoms with Crippen LogP contribution >= 0.6 is 0 Å². The molecule has 0 spiro atoms.